The first-order chi connectivity index (χ1) is 15.9. The van der Waals surface area contributed by atoms with Crippen LogP contribution in [-0.4, -0.2) is 15.0 Å². The summed E-state index contributed by atoms with van der Waals surface area (Å²) < 4.78 is 0. The van der Waals surface area contributed by atoms with Gasteiger partial charge in [-0.25, -0.2) is 4.98 Å². The van der Waals surface area contributed by atoms with Gasteiger partial charge in [-0.05, 0) is 75.1 Å². The van der Waals surface area contributed by atoms with Crippen LogP contribution in [0, 0.1) is 0 Å². The summed E-state index contributed by atoms with van der Waals surface area (Å²) in [4.78, 5) is 13.9. The lowest BCUT2D eigenvalue weighted by Gasteiger charge is -2.13. The molecule has 0 radical (unpaired) electrons. The molecule has 0 aliphatic carbocycles. The summed E-state index contributed by atoms with van der Waals surface area (Å²) in [6.45, 7) is 0. The predicted octanol–water partition coefficient (Wildman–Crippen LogP) is 7.18. The quantitative estimate of drug-likeness (QED) is 0.291. The normalized spacial score (nSPS) is 11.1. The topological polar surface area (TPSA) is 38.7 Å². The molecule has 3 aromatic carbocycles. The second-order valence-electron chi connectivity index (χ2n) is 7.75. The van der Waals surface area contributed by atoms with Crippen LogP contribution in [0.1, 0.15) is 0 Å². The fourth-order valence-electron chi connectivity index (χ4n) is 4.29. The van der Waals surface area contributed by atoms with Crippen LogP contribution in [0.25, 0.3) is 55.4 Å². The minimum Gasteiger partial charge on any atom is -0.255 e. The molecule has 0 unspecified atom stereocenters. The Labute approximate surface area is 186 Å². The molecule has 32 heavy (non-hydrogen) atoms. The summed E-state index contributed by atoms with van der Waals surface area (Å²) >= 11 is 0. The molecule has 6 rings (SSSR count). The standard InChI is InChI=1S/C29H19N3/c1-3-10-23-20(8-1)18-21-9-2-4-11-24(21)29(23)22-15-17-31-28(19-22)27-14-7-13-26(32-27)25-12-5-6-16-30-25/h1-19H. The molecule has 0 bridgehead atoms. The van der Waals surface area contributed by atoms with Crippen LogP contribution in [0.15, 0.2) is 116 Å². The van der Waals surface area contributed by atoms with E-state index in [-0.39, 0.29) is 0 Å². The molecule has 3 nitrogen and oxygen atoms in total. The van der Waals surface area contributed by atoms with Gasteiger partial charge in [0.1, 0.15) is 0 Å². The second-order valence-corrected chi connectivity index (χ2v) is 7.75. The average molecular weight is 409 g/mol. The summed E-state index contributed by atoms with van der Waals surface area (Å²) in [6, 6.07) is 35.4. The maximum Gasteiger partial charge on any atom is 0.0894 e. The van der Waals surface area contributed by atoms with E-state index in [0.29, 0.717) is 0 Å². The first-order valence-electron chi connectivity index (χ1n) is 10.6. The Morgan fingerprint density at radius 3 is 1.78 bits per heavy atom. The Balaban J connectivity index is 1.54. The van der Waals surface area contributed by atoms with Crippen LogP contribution >= 0.6 is 0 Å². The molecule has 150 valence electrons. The van der Waals surface area contributed by atoms with Crippen molar-refractivity contribution in [3.63, 3.8) is 0 Å². The number of pyridine rings is 3. The van der Waals surface area contributed by atoms with E-state index in [1.165, 1.54) is 27.1 Å². The molecule has 0 atom stereocenters. The number of hydrogen-bond donors (Lipinski definition) is 0. The summed E-state index contributed by atoms with van der Waals surface area (Å²) in [6.07, 6.45) is 3.66. The fourth-order valence-corrected chi connectivity index (χ4v) is 4.29. The third kappa shape index (κ3) is 3.21. The maximum absolute atomic E-state index is 4.85. The first-order valence-corrected chi connectivity index (χ1v) is 10.6. The van der Waals surface area contributed by atoms with Crippen LogP contribution in [0.3, 0.4) is 0 Å². The number of fused-ring (bicyclic) bond motifs is 2. The van der Waals surface area contributed by atoms with Crippen molar-refractivity contribution in [2.24, 2.45) is 0 Å². The van der Waals surface area contributed by atoms with Crippen molar-refractivity contribution < 1.29 is 0 Å². The van der Waals surface area contributed by atoms with Gasteiger partial charge in [0.05, 0.1) is 22.8 Å². The maximum atomic E-state index is 4.85. The molecule has 3 aromatic heterocycles. The summed E-state index contributed by atoms with van der Waals surface area (Å²) in [5, 5.41) is 4.93. The molecular weight excluding hydrogens is 390 g/mol. The summed E-state index contributed by atoms with van der Waals surface area (Å²) in [7, 11) is 0. The number of benzene rings is 3. The van der Waals surface area contributed by atoms with Crippen LogP contribution < -0.4 is 0 Å². The molecule has 0 fully saturated rings. The van der Waals surface area contributed by atoms with E-state index in [1.54, 1.807) is 6.20 Å². The van der Waals surface area contributed by atoms with Gasteiger partial charge in [0.15, 0.2) is 0 Å². The van der Waals surface area contributed by atoms with Gasteiger partial charge in [-0.15, -0.1) is 0 Å². The Kier molecular flexibility index (Phi) is 4.43. The lowest BCUT2D eigenvalue weighted by atomic mass is 9.92. The van der Waals surface area contributed by atoms with Crippen LogP contribution in [-0.2, 0) is 0 Å². The monoisotopic (exact) mass is 409 g/mol. The van der Waals surface area contributed by atoms with Gasteiger partial charge in [-0.3, -0.25) is 9.97 Å². The minimum atomic E-state index is 0.833. The van der Waals surface area contributed by atoms with E-state index in [1.807, 2.05) is 42.6 Å². The van der Waals surface area contributed by atoms with E-state index >= 15 is 0 Å². The third-order valence-electron chi connectivity index (χ3n) is 5.76. The van der Waals surface area contributed by atoms with Crippen LogP contribution in [0.2, 0.25) is 0 Å². The Morgan fingerprint density at radius 1 is 0.438 bits per heavy atom. The lowest BCUT2D eigenvalue weighted by Crippen LogP contribution is -1.93. The molecule has 0 saturated carbocycles. The summed E-state index contributed by atoms with van der Waals surface area (Å²) in [5.41, 5.74) is 5.73. The Morgan fingerprint density at radius 2 is 1.06 bits per heavy atom. The first kappa shape index (κ1) is 18.4. The highest BCUT2D eigenvalue weighted by Gasteiger charge is 2.12. The van der Waals surface area contributed by atoms with E-state index in [2.05, 4.69) is 76.7 Å². The molecular formula is C29H19N3. The van der Waals surface area contributed by atoms with Gasteiger partial charge in [0.25, 0.3) is 0 Å². The van der Waals surface area contributed by atoms with E-state index in [0.717, 1.165) is 28.3 Å². The van der Waals surface area contributed by atoms with E-state index in [4.69, 9.17) is 4.98 Å². The van der Waals surface area contributed by atoms with Crippen molar-refractivity contribution in [3.05, 3.63) is 116 Å². The third-order valence-corrected chi connectivity index (χ3v) is 5.76. The lowest BCUT2D eigenvalue weighted by molar-refractivity contribution is 1.22. The second kappa shape index (κ2) is 7.71. The molecule has 0 aliphatic rings. The number of hydrogen-bond acceptors (Lipinski definition) is 3. The zero-order valence-corrected chi connectivity index (χ0v) is 17.3. The highest BCUT2D eigenvalue weighted by molar-refractivity contribution is 6.12. The molecule has 0 saturated heterocycles. The highest BCUT2D eigenvalue weighted by atomic mass is 14.8. The van der Waals surface area contributed by atoms with Gasteiger partial charge in [0, 0.05) is 12.4 Å². The van der Waals surface area contributed by atoms with Crippen molar-refractivity contribution in [3.8, 4) is 33.9 Å². The van der Waals surface area contributed by atoms with Crippen molar-refractivity contribution in [1.29, 1.82) is 0 Å². The smallest absolute Gasteiger partial charge is 0.0894 e. The van der Waals surface area contributed by atoms with Crippen molar-refractivity contribution >= 4 is 21.5 Å². The molecule has 0 spiro atoms. The Bertz CT molecular complexity index is 1520. The minimum absolute atomic E-state index is 0.833. The van der Waals surface area contributed by atoms with Gasteiger partial charge in [0.2, 0.25) is 0 Å². The number of aromatic nitrogens is 3. The van der Waals surface area contributed by atoms with Gasteiger partial charge in [-0.1, -0.05) is 60.7 Å². The Hall–Kier alpha value is -4.37. The van der Waals surface area contributed by atoms with Crippen molar-refractivity contribution in [1.82, 2.24) is 15.0 Å². The van der Waals surface area contributed by atoms with Gasteiger partial charge >= 0.3 is 0 Å². The van der Waals surface area contributed by atoms with Crippen molar-refractivity contribution in [2.75, 3.05) is 0 Å². The highest BCUT2D eigenvalue weighted by Crippen LogP contribution is 2.37. The predicted molar refractivity (Wildman–Crippen MR) is 131 cm³/mol. The molecule has 6 aromatic rings. The number of rotatable bonds is 3. The summed E-state index contributed by atoms with van der Waals surface area (Å²) in [5.74, 6) is 0. The SMILES string of the molecule is c1ccc(-c2cccc(-c3cc(-c4c5ccccc5cc5ccccc45)ccn3)n2)nc1. The molecule has 0 amide bonds. The van der Waals surface area contributed by atoms with Gasteiger partial charge in [-0.2, -0.15) is 0 Å². The fraction of sp³-hybridized carbons (Fsp3) is 0. The van der Waals surface area contributed by atoms with Crippen molar-refractivity contribution in [2.45, 2.75) is 0 Å². The van der Waals surface area contributed by atoms with Gasteiger partial charge < -0.3 is 0 Å². The molecule has 3 heteroatoms. The number of nitrogens with zero attached hydrogens (tertiary/aromatic N) is 3. The average Bonchev–Trinajstić information content (AvgIpc) is 2.88. The van der Waals surface area contributed by atoms with E-state index < -0.39 is 0 Å². The van der Waals surface area contributed by atoms with E-state index in [9.17, 15) is 0 Å². The zero-order chi connectivity index (χ0) is 21.3. The molecule has 3 heterocycles. The largest absolute Gasteiger partial charge is 0.255 e. The molecule has 0 aliphatic heterocycles. The van der Waals surface area contributed by atoms with Crippen LogP contribution in [0.4, 0.5) is 0 Å². The molecule has 0 N–H and O–H groups in total. The zero-order valence-electron chi connectivity index (χ0n) is 17.3. The van der Waals surface area contributed by atoms with Crippen LogP contribution in [0.5, 0.6) is 0 Å².